The van der Waals surface area contributed by atoms with Crippen LogP contribution in [-0.4, -0.2) is 0 Å². The van der Waals surface area contributed by atoms with E-state index in [1.54, 1.807) is 22.7 Å². The Morgan fingerprint density at radius 1 is 0.955 bits per heavy atom. The maximum Gasteiger partial charge on any atom is 0.0966 e. The lowest BCUT2D eigenvalue weighted by Gasteiger charge is -2.27. The first-order valence-electron chi connectivity index (χ1n) is 7.20. The maximum atomic E-state index is 3.57. The Labute approximate surface area is 138 Å². The van der Waals surface area contributed by atoms with Crippen LogP contribution in [0.25, 0.3) is 5.70 Å². The van der Waals surface area contributed by atoms with Gasteiger partial charge in [-0.15, -0.1) is 0 Å². The number of hydrazine groups is 1. The van der Waals surface area contributed by atoms with Gasteiger partial charge in [0, 0.05) is 10.9 Å². The molecule has 0 bridgehead atoms. The molecule has 1 unspecified atom stereocenters. The highest BCUT2D eigenvalue weighted by molar-refractivity contribution is 7.08. The molecule has 0 amide bonds. The van der Waals surface area contributed by atoms with Crippen LogP contribution in [-0.2, 0) is 0 Å². The monoisotopic (exact) mass is 324 g/mol. The van der Waals surface area contributed by atoms with Gasteiger partial charge in [0.15, 0.2) is 0 Å². The van der Waals surface area contributed by atoms with Crippen LogP contribution in [0.5, 0.6) is 0 Å². The Morgan fingerprint density at radius 3 is 2.41 bits per heavy atom. The van der Waals surface area contributed by atoms with Crippen molar-refractivity contribution in [3.8, 4) is 0 Å². The van der Waals surface area contributed by atoms with Crippen LogP contribution in [0.3, 0.4) is 0 Å². The summed E-state index contributed by atoms with van der Waals surface area (Å²) in [6, 6.07) is 13.2. The Bertz CT molecular complexity index is 771. The van der Waals surface area contributed by atoms with Gasteiger partial charge in [0.05, 0.1) is 17.4 Å². The van der Waals surface area contributed by atoms with Gasteiger partial charge in [-0.25, -0.2) is 0 Å². The zero-order valence-electron chi connectivity index (χ0n) is 12.2. The van der Waals surface area contributed by atoms with Gasteiger partial charge in [-0.05, 0) is 59.0 Å². The van der Waals surface area contributed by atoms with Gasteiger partial charge in [0.25, 0.3) is 0 Å². The van der Waals surface area contributed by atoms with E-state index in [0.29, 0.717) is 0 Å². The smallest absolute Gasteiger partial charge is 0.0966 e. The minimum atomic E-state index is 0.226. The van der Waals surface area contributed by atoms with E-state index in [-0.39, 0.29) is 6.04 Å². The van der Waals surface area contributed by atoms with Crippen molar-refractivity contribution < 1.29 is 0 Å². The molecule has 0 spiro atoms. The summed E-state index contributed by atoms with van der Waals surface area (Å²) in [6.07, 6.45) is 2.31. The number of thiophene rings is 2. The highest BCUT2D eigenvalue weighted by Gasteiger charge is 2.27. The Morgan fingerprint density at radius 2 is 1.73 bits per heavy atom. The molecule has 3 aromatic rings. The van der Waals surface area contributed by atoms with Crippen molar-refractivity contribution in [2.45, 2.75) is 13.0 Å². The van der Waals surface area contributed by atoms with E-state index >= 15 is 0 Å². The topological polar surface area (TPSA) is 15.3 Å². The summed E-state index contributed by atoms with van der Waals surface area (Å²) in [4.78, 5) is 0. The average Bonchev–Trinajstić information content (AvgIpc) is 3.27. The fourth-order valence-corrected chi connectivity index (χ4v) is 4.01. The molecule has 1 atom stereocenters. The highest BCUT2D eigenvalue weighted by Crippen LogP contribution is 2.36. The molecule has 110 valence electrons. The molecule has 3 heterocycles. The number of nitrogens with zero attached hydrogens (tertiary/aromatic N) is 1. The van der Waals surface area contributed by atoms with Gasteiger partial charge >= 0.3 is 0 Å². The Hall–Kier alpha value is -2.04. The van der Waals surface area contributed by atoms with Crippen LogP contribution in [0.15, 0.2) is 64.0 Å². The highest BCUT2D eigenvalue weighted by atomic mass is 32.1. The minimum absolute atomic E-state index is 0.226. The molecule has 0 saturated carbocycles. The standard InChI is InChI=1S/C18H16N2S2/c1-13-2-4-16(5-3-13)20-18(15-7-9-22-12-15)10-17(19-20)14-6-8-21-11-14/h2-12,18-19H,1H3. The number of anilines is 1. The summed E-state index contributed by atoms with van der Waals surface area (Å²) in [5.41, 5.74) is 9.79. The third kappa shape index (κ3) is 2.45. The second-order valence-corrected chi connectivity index (χ2v) is 6.97. The number of benzene rings is 1. The van der Waals surface area contributed by atoms with Crippen molar-refractivity contribution in [2.24, 2.45) is 0 Å². The van der Waals surface area contributed by atoms with Gasteiger partial charge in [-0.1, -0.05) is 17.7 Å². The van der Waals surface area contributed by atoms with E-state index in [9.17, 15) is 0 Å². The summed E-state index contributed by atoms with van der Waals surface area (Å²) in [5.74, 6) is 0. The first kappa shape index (κ1) is 13.6. The van der Waals surface area contributed by atoms with Crippen LogP contribution in [0.4, 0.5) is 5.69 Å². The fraction of sp³-hybridized carbons (Fsp3) is 0.111. The lowest BCUT2D eigenvalue weighted by atomic mass is 10.1. The van der Waals surface area contributed by atoms with E-state index in [1.807, 2.05) is 0 Å². The summed E-state index contributed by atoms with van der Waals surface area (Å²) in [7, 11) is 0. The molecule has 2 nitrogen and oxygen atoms in total. The first-order chi connectivity index (χ1) is 10.8. The predicted octanol–water partition coefficient (Wildman–Crippen LogP) is 5.23. The predicted molar refractivity (Wildman–Crippen MR) is 96.1 cm³/mol. The second-order valence-electron chi connectivity index (χ2n) is 5.41. The number of rotatable bonds is 3. The minimum Gasteiger partial charge on any atom is -0.297 e. The van der Waals surface area contributed by atoms with Crippen molar-refractivity contribution in [1.82, 2.24) is 5.43 Å². The van der Waals surface area contributed by atoms with E-state index in [0.717, 1.165) is 0 Å². The van der Waals surface area contributed by atoms with Crippen molar-refractivity contribution in [3.05, 3.63) is 80.7 Å². The van der Waals surface area contributed by atoms with Crippen LogP contribution in [0.1, 0.15) is 22.7 Å². The molecule has 4 rings (SSSR count). The van der Waals surface area contributed by atoms with Crippen molar-refractivity contribution in [3.63, 3.8) is 0 Å². The summed E-state index contributed by atoms with van der Waals surface area (Å²) >= 11 is 3.47. The molecule has 1 N–H and O–H groups in total. The third-order valence-electron chi connectivity index (χ3n) is 3.87. The quantitative estimate of drug-likeness (QED) is 0.710. The molecule has 1 aliphatic rings. The van der Waals surface area contributed by atoms with Crippen LogP contribution >= 0.6 is 22.7 Å². The lowest BCUT2D eigenvalue weighted by molar-refractivity contribution is 0.726. The maximum absolute atomic E-state index is 3.57. The fourth-order valence-electron chi connectivity index (χ4n) is 2.67. The van der Waals surface area contributed by atoms with Gasteiger partial charge < -0.3 is 0 Å². The molecular weight excluding hydrogens is 308 g/mol. The number of hydrogen-bond donors (Lipinski definition) is 1. The molecule has 1 aromatic carbocycles. The molecule has 0 radical (unpaired) electrons. The van der Waals surface area contributed by atoms with Crippen LogP contribution in [0.2, 0.25) is 0 Å². The molecule has 4 heteroatoms. The summed E-state index contributed by atoms with van der Waals surface area (Å²) in [5, 5.41) is 10.9. The molecule has 0 saturated heterocycles. The Balaban J connectivity index is 1.73. The molecular formula is C18H16N2S2. The van der Waals surface area contributed by atoms with Gasteiger partial charge in [-0.3, -0.25) is 10.4 Å². The molecule has 22 heavy (non-hydrogen) atoms. The van der Waals surface area contributed by atoms with Gasteiger partial charge in [0.2, 0.25) is 0 Å². The number of aryl methyl sites for hydroxylation is 1. The van der Waals surface area contributed by atoms with Gasteiger partial charge in [0.1, 0.15) is 0 Å². The normalized spacial score (nSPS) is 17.4. The van der Waals surface area contributed by atoms with E-state index in [4.69, 9.17) is 0 Å². The van der Waals surface area contributed by atoms with E-state index in [1.165, 1.54) is 28.1 Å². The molecule has 0 aliphatic carbocycles. The van der Waals surface area contributed by atoms with E-state index < -0.39 is 0 Å². The summed E-state index contributed by atoms with van der Waals surface area (Å²) < 4.78 is 0. The summed E-state index contributed by atoms with van der Waals surface area (Å²) in [6.45, 7) is 2.12. The Kier molecular flexibility index (Phi) is 3.48. The number of nitrogens with one attached hydrogen (secondary N) is 1. The first-order valence-corrected chi connectivity index (χ1v) is 9.09. The van der Waals surface area contributed by atoms with Crippen LogP contribution in [0, 0.1) is 6.92 Å². The van der Waals surface area contributed by atoms with Gasteiger partial charge in [-0.2, -0.15) is 22.7 Å². The largest absolute Gasteiger partial charge is 0.297 e. The van der Waals surface area contributed by atoms with Crippen molar-refractivity contribution in [2.75, 3.05) is 5.01 Å². The van der Waals surface area contributed by atoms with Crippen molar-refractivity contribution >= 4 is 34.1 Å². The zero-order valence-corrected chi connectivity index (χ0v) is 13.8. The SMILES string of the molecule is Cc1ccc(N2NC(c3ccsc3)=CC2c2ccsc2)cc1. The zero-order chi connectivity index (χ0) is 14.9. The lowest BCUT2D eigenvalue weighted by Crippen LogP contribution is -2.33. The van der Waals surface area contributed by atoms with Crippen molar-refractivity contribution in [1.29, 1.82) is 0 Å². The van der Waals surface area contributed by atoms with E-state index in [2.05, 4.69) is 81.4 Å². The molecule has 0 fully saturated rings. The average molecular weight is 324 g/mol. The number of hydrogen-bond acceptors (Lipinski definition) is 4. The molecule has 1 aliphatic heterocycles. The molecule has 2 aromatic heterocycles. The third-order valence-corrected chi connectivity index (χ3v) is 5.26. The second kappa shape index (κ2) is 5.63. The van der Waals surface area contributed by atoms with Crippen LogP contribution < -0.4 is 10.4 Å².